The Hall–Kier alpha value is -3.32. The number of benzene rings is 2. The van der Waals surface area contributed by atoms with Crippen LogP contribution in [0.25, 0.3) is 17.5 Å². The zero-order valence-electron chi connectivity index (χ0n) is 16.2. The Labute approximate surface area is 178 Å². The van der Waals surface area contributed by atoms with E-state index in [1.54, 1.807) is 42.1 Å². The lowest BCUT2D eigenvalue weighted by atomic mass is 10.3. The lowest BCUT2D eigenvalue weighted by molar-refractivity contribution is 0.414. The van der Waals surface area contributed by atoms with Gasteiger partial charge in [-0.05, 0) is 64.5 Å². The first-order valence-corrected chi connectivity index (χ1v) is 9.58. The van der Waals surface area contributed by atoms with Crippen molar-refractivity contribution in [3.8, 4) is 22.9 Å². The van der Waals surface area contributed by atoms with E-state index in [-0.39, 0.29) is 0 Å². The number of nitrogens with zero attached hydrogens (tertiary/aromatic N) is 4. The normalized spacial score (nSPS) is 10.0. The van der Waals surface area contributed by atoms with Crippen LogP contribution in [0.3, 0.4) is 0 Å². The molecule has 7 heteroatoms. The predicted molar refractivity (Wildman–Crippen MR) is 118 cm³/mol. The zero-order chi connectivity index (χ0) is 20.6. The molecule has 2 aromatic heterocycles. The number of halogens is 1. The maximum Gasteiger partial charge on any atom is 0.119 e. The largest absolute Gasteiger partial charge is 0.497 e. The van der Waals surface area contributed by atoms with Crippen LogP contribution in [0.15, 0.2) is 84.4 Å². The minimum atomic E-state index is 0.842. The van der Waals surface area contributed by atoms with Crippen LogP contribution < -0.4 is 9.47 Å². The van der Waals surface area contributed by atoms with Gasteiger partial charge >= 0.3 is 0 Å². The first-order chi connectivity index (χ1) is 14.1. The molecule has 0 spiro atoms. The van der Waals surface area contributed by atoms with Gasteiger partial charge in [-0.15, -0.1) is 0 Å². The third-order valence-electron chi connectivity index (χ3n) is 4.06. The summed E-state index contributed by atoms with van der Waals surface area (Å²) in [6.45, 7) is 3.69. The van der Waals surface area contributed by atoms with Crippen molar-refractivity contribution in [1.29, 1.82) is 0 Å². The van der Waals surface area contributed by atoms with Crippen molar-refractivity contribution in [3.05, 3.63) is 89.9 Å². The summed E-state index contributed by atoms with van der Waals surface area (Å²) in [5.41, 5.74) is 3.02. The minimum absolute atomic E-state index is 0.842. The summed E-state index contributed by atoms with van der Waals surface area (Å²) in [4.78, 5) is 0. The molecule has 0 atom stereocenters. The van der Waals surface area contributed by atoms with E-state index >= 15 is 0 Å². The molecule has 0 fully saturated rings. The molecule has 2 aromatic carbocycles. The molecule has 0 aliphatic rings. The lowest BCUT2D eigenvalue weighted by Crippen LogP contribution is -1.93. The molecule has 0 unspecified atom stereocenters. The summed E-state index contributed by atoms with van der Waals surface area (Å²) in [7, 11) is 3.30. The first-order valence-electron chi connectivity index (χ1n) is 8.79. The molecule has 0 N–H and O–H groups in total. The van der Waals surface area contributed by atoms with Crippen LogP contribution in [0, 0.1) is 0 Å². The van der Waals surface area contributed by atoms with Gasteiger partial charge in [-0.2, -0.15) is 10.2 Å². The van der Waals surface area contributed by atoms with E-state index in [2.05, 4.69) is 32.7 Å². The van der Waals surface area contributed by atoms with Crippen molar-refractivity contribution in [1.82, 2.24) is 19.6 Å². The maximum atomic E-state index is 5.09. The Morgan fingerprint density at radius 1 is 0.793 bits per heavy atom. The van der Waals surface area contributed by atoms with Crippen molar-refractivity contribution in [3.63, 3.8) is 0 Å². The molecule has 0 aliphatic heterocycles. The Morgan fingerprint density at radius 2 is 1.28 bits per heavy atom. The minimum Gasteiger partial charge on any atom is -0.497 e. The molecule has 0 bridgehead atoms. The number of methoxy groups -OCH3 is 2. The van der Waals surface area contributed by atoms with Crippen LogP contribution in [0.2, 0.25) is 0 Å². The van der Waals surface area contributed by atoms with Crippen LogP contribution in [0.4, 0.5) is 0 Å². The third-order valence-corrected chi connectivity index (χ3v) is 4.47. The second-order valence-corrected chi connectivity index (χ2v) is 6.84. The zero-order valence-corrected chi connectivity index (χ0v) is 17.8. The molecular formula is C22H21BrN4O2. The molecule has 0 saturated heterocycles. The van der Waals surface area contributed by atoms with Gasteiger partial charge in [0.25, 0.3) is 0 Å². The summed E-state index contributed by atoms with van der Waals surface area (Å²) >= 11 is 3.35. The number of hydrogen-bond donors (Lipinski definition) is 0. The molecule has 2 heterocycles. The quantitative estimate of drug-likeness (QED) is 0.419. The predicted octanol–water partition coefficient (Wildman–Crippen LogP) is 5.17. The number of ether oxygens (including phenoxy) is 2. The summed E-state index contributed by atoms with van der Waals surface area (Å²) < 4.78 is 14.7. The number of hydrogen-bond acceptors (Lipinski definition) is 4. The SMILES string of the molecule is C=Cc1cnn(-c2ccc(OC)cc2)c1.COc1ccc(-n2cc(Br)cn2)cc1. The second-order valence-electron chi connectivity index (χ2n) is 5.92. The Bertz CT molecular complexity index is 1050. The highest BCUT2D eigenvalue weighted by molar-refractivity contribution is 9.10. The van der Waals surface area contributed by atoms with Gasteiger partial charge in [0.1, 0.15) is 11.5 Å². The Morgan fingerprint density at radius 3 is 1.66 bits per heavy atom. The highest BCUT2D eigenvalue weighted by atomic mass is 79.9. The van der Waals surface area contributed by atoms with Crippen LogP contribution in [-0.2, 0) is 0 Å². The van der Waals surface area contributed by atoms with Gasteiger partial charge in [0, 0.05) is 18.0 Å². The van der Waals surface area contributed by atoms with Gasteiger partial charge in [0.15, 0.2) is 0 Å². The fourth-order valence-electron chi connectivity index (χ4n) is 2.50. The average Bonchev–Trinajstić information content (AvgIpc) is 3.43. The fraction of sp³-hybridized carbons (Fsp3) is 0.0909. The summed E-state index contributed by atoms with van der Waals surface area (Å²) in [6, 6.07) is 15.5. The van der Waals surface area contributed by atoms with Gasteiger partial charge in [-0.1, -0.05) is 12.7 Å². The molecule has 148 valence electrons. The van der Waals surface area contributed by atoms with E-state index in [0.29, 0.717) is 0 Å². The first kappa shape index (κ1) is 20.4. The smallest absolute Gasteiger partial charge is 0.119 e. The van der Waals surface area contributed by atoms with Crippen LogP contribution in [0.1, 0.15) is 5.56 Å². The summed E-state index contributed by atoms with van der Waals surface area (Å²) in [5.74, 6) is 1.69. The lowest BCUT2D eigenvalue weighted by Gasteiger charge is -2.02. The molecule has 4 rings (SSSR count). The van der Waals surface area contributed by atoms with Crippen LogP contribution in [-0.4, -0.2) is 33.8 Å². The van der Waals surface area contributed by atoms with E-state index < -0.39 is 0 Å². The van der Waals surface area contributed by atoms with E-state index in [9.17, 15) is 0 Å². The summed E-state index contributed by atoms with van der Waals surface area (Å²) in [6.07, 6.45) is 9.13. The maximum absolute atomic E-state index is 5.09. The molecule has 0 aliphatic carbocycles. The van der Waals surface area contributed by atoms with Gasteiger partial charge in [0.05, 0.1) is 42.5 Å². The van der Waals surface area contributed by atoms with Gasteiger partial charge < -0.3 is 9.47 Å². The van der Waals surface area contributed by atoms with Gasteiger partial charge in [-0.3, -0.25) is 0 Å². The standard InChI is InChI=1S/C12H12N2O.C10H9BrN2O/c1-3-10-8-13-14(9-10)11-4-6-12(15-2)7-5-11;1-14-10-4-2-9(3-5-10)13-7-8(11)6-12-13/h3-9H,1H2,2H3;2-7H,1H3. The molecule has 29 heavy (non-hydrogen) atoms. The topological polar surface area (TPSA) is 54.1 Å². The third kappa shape index (κ3) is 5.36. The molecular weight excluding hydrogens is 432 g/mol. The van der Waals surface area contributed by atoms with Crippen molar-refractivity contribution in [2.45, 2.75) is 0 Å². The Kier molecular flexibility index (Phi) is 6.86. The van der Waals surface area contributed by atoms with E-state index in [1.807, 2.05) is 60.9 Å². The molecule has 4 aromatic rings. The number of rotatable bonds is 5. The number of aromatic nitrogens is 4. The van der Waals surface area contributed by atoms with Crippen molar-refractivity contribution < 1.29 is 9.47 Å². The van der Waals surface area contributed by atoms with Gasteiger partial charge in [0.2, 0.25) is 0 Å². The molecule has 0 amide bonds. The second kappa shape index (κ2) is 9.75. The van der Waals surface area contributed by atoms with Crippen LogP contribution in [0.5, 0.6) is 11.5 Å². The average molecular weight is 453 g/mol. The molecule has 0 saturated carbocycles. The fourth-order valence-corrected chi connectivity index (χ4v) is 2.78. The Balaban J connectivity index is 0.000000166. The highest BCUT2D eigenvalue weighted by Crippen LogP contribution is 2.16. The van der Waals surface area contributed by atoms with E-state index in [4.69, 9.17) is 9.47 Å². The van der Waals surface area contributed by atoms with Crippen molar-refractivity contribution in [2.75, 3.05) is 14.2 Å². The summed E-state index contributed by atoms with van der Waals surface area (Å²) in [5, 5.41) is 8.39. The van der Waals surface area contributed by atoms with E-state index in [1.165, 1.54) is 0 Å². The highest BCUT2D eigenvalue weighted by Gasteiger charge is 1.99. The van der Waals surface area contributed by atoms with E-state index in [0.717, 1.165) is 32.9 Å². The van der Waals surface area contributed by atoms with Crippen LogP contribution >= 0.6 is 15.9 Å². The monoisotopic (exact) mass is 452 g/mol. The van der Waals surface area contributed by atoms with Gasteiger partial charge in [-0.25, -0.2) is 9.36 Å². The molecule has 0 radical (unpaired) electrons. The van der Waals surface area contributed by atoms with Crippen molar-refractivity contribution >= 4 is 22.0 Å². The van der Waals surface area contributed by atoms with Crippen molar-refractivity contribution in [2.24, 2.45) is 0 Å². The molecule has 6 nitrogen and oxygen atoms in total.